The van der Waals surface area contributed by atoms with Crippen molar-refractivity contribution >= 4 is 39.9 Å². The van der Waals surface area contributed by atoms with E-state index in [2.05, 4.69) is 36.0 Å². The number of hydrogen-bond acceptors (Lipinski definition) is 8. The Labute approximate surface area is 235 Å². The van der Waals surface area contributed by atoms with Crippen LogP contribution in [0.15, 0.2) is 12.4 Å². The Morgan fingerprint density at radius 1 is 1.24 bits per heavy atom. The topological polar surface area (TPSA) is 128 Å². The van der Waals surface area contributed by atoms with Gasteiger partial charge in [-0.05, 0) is 44.1 Å². The van der Waals surface area contributed by atoms with Gasteiger partial charge in [-0.2, -0.15) is 8.78 Å². The monoisotopic (exact) mass is 596 g/mol. The van der Waals surface area contributed by atoms with Gasteiger partial charge in [0.1, 0.15) is 29.5 Å². The van der Waals surface area contributed by atoms with E-state index in [9.17, 15) is 27.2 Å². The van der Waals surface area contributed by atoms with E-state index >= 15 is 0 Å². The molecule has 3 aliphatic rings. The number of carbonyl (C=O) groups excluding carboxylic acids is 2. The summed E-state index contributed by atoms with van der Waals surface area (Å²) in [7, 11) is 1.56. The molecule has 0 saturated heterocycles. The SMILES string of the molecule is Cn1nc(OC(F)F)cc1Nc1nncn1[C@H]1CCc2sc(NC(=O)C3CC(F)C3)c(C(=O)NC[C@@H]3C[C@@H]3F)c2C1. The molecule has 16 heteroatoms. The van der Waals surface area contributed by atoms with Gasteiger partial charge in [0, 0.05) is 42.4 Å². The van der Waals surface area contributed by atoms with Crippen molar-refractivity contribution in [2.75, 3.05) is 17.2 Å². The maximum absolute atomic E-state index is 13.4. The Morgan fingerprint density at radius 3 is 2.73 bits per heavy atom. The van der Waals surface area contributed by atoms with Gasteiger partial charge < -0.3 is 20.7 Å². The van der Waals surface area contributed by atoms with Crippen LogP contribution in [0.3, 0.4) is 0 Å². The number of fused-ring (bicyclic) bond motifs is 1. The lowest BCUT2D eigenvalue weighted by molar-refractivity contribution is -0.124. The molecule has 3 N–H and O–H groups in total. The Morgan fingerprint density at radius 2 is 2.02 bits per heavy atom. The Hall–Kier alpha value is -3.69. The molecule has 11 nitrogen and oxygen atoms in total. The number of aromatic nitrogens is 5. The zero-order chi connectivity index (χ0) is 28.8. The number of ether oxygens (including phenoxy) is 1. The van der Waals surface area contributed by atoms with Crippen LogP contribution in [0.2, 0.25) is 0 Å². The van der Waals surface area contributed by atoms with Gasteiger partial charge in [-0.25, -0.2) is 13.5 Å². The van der Waals surface area contributed by atoms with Gasteiger partial charge in [0.15, 0.2) is 0 Å². The summed E-state index contributed by atoms with van der Waals surface area (Å²) in [5.74, 6) is -0.909. The maximum atomic E-state index is 13.4. The Kier molecular flexibility index (Phi) is 7.34. The number of rotatable bonds is 10. The van der Waals surface area contributed by atoms with Crippen molar-refractivity contribution in [2.24, 2.45) is 18.9 Å². The molecule has 2 fully saturated rings. The molecule has 0 aliphatic heterocycles. The predicted octanol–water partition coefficient (Wildman–Crippen LogP) is 3.92. The summed E-state index contributed by atoms with van der Waals surface area (Å²) >= 11 is 1.33. The van der Waals surface area contributed by atoms with E-state index in [-0.39, 0.29) is 43.1 Å². The van der Waals surface area contributed by atoms with E-state index in [0.29, 0.717) is 48.0 Å². The molecule has 0 aromatic carbocycles. The van der Waals surface area contributed by atoms with E-state index in [0.717, 1.165) is 10.4 Å². The number of alkyl halides is 4. The molecular weight excluding hydrogens is 568 g/mol. The summed E-state index contributed by atoms with van der Waals surface area (Å²) < 4.78 is 59.5. The van der Waals surface area contributed by atoms with Gasteiger partial charge in [0.2, 0.25) is 17.7 Å². The van der Waals surface area contributed by atoms with Crippen LogP contribution in [0.1, 0.15) is 52.5 Å². The standard InChI is InChI=1S/C25H28F4N8O3S/c1-36-18(8-19(35-36)40-24(28)29)32-25-34-31-10-37(25)14-2-3-17-15(7-14)20(22(39)30-9-12-6-16(12)27)23(41-17)33-21(38)11-4-13(26)5-11/h8,10-14,16,24H,2-7,9H2,1H3,(H,30,39)(H,32,34)(H,33,38)/t11?,12-,13?,14-,16-/m0/s1. The maximum Gasteiger partial charge on any atom is 0.388 e. The average Bonchev–Trinajstić information content (AvgIpc) is 3.21. The van der Waals surface area contributed by atoms with Crippen LogP contribution >= 0.6 is 11.3 Å². The second kappa shape index (κ2) is 10.9. The zero-order valence-corrected chi connectivity index (χ0v) is 22.8. The van der Waals surface area contributed by atoms with Crippen molar-refractivity contribution < 1.29 is 31.9 Å². The first kappa shape index (κ1) is 27.5. The van der Waals surface area contributed by atoms with Crippen LogP contribution in [0.25, 0.3) is 0 Å². The molecule has 6 rings (SSSR count). The summed E-state index contributed by atoms with van der Waals surface area (Å²) in [5.41, 5.74) is 1.12. The van der Waals surface area contributed by atoms with Crippen molar-refractivity contribution in [1.82, 2.24) is 29.9 Å². The van der Waals surface area contributed by atoms with Gasteiger partial charge in [-0.3, -0.25) is 14.2 Å². The van der Waals surface area contributed by atoms with Crippen LogP contribution in [0.5, 0.6) is 5.88 Å². The first-order valence-corrected chi connectivity index (χ1v) is 14.1. The number of anilines is 3. The number of carbonyl (C=O) groups is 2. The van der Waals surface area contributed by atoms with Gasteiger partial charge in [-0.1, -0.05) is 0 Å². The number of nitrogens with zero attached hydrogens (tertiary/aromatic N) is 5. The molecule has 0 bridgehead atoms. The molecule has 0 radical (unpaired) electrons. The molecule has 3 aromatic heterocycles. The number of thiophene rings is 1. The van der Waals surface area contributed by atoms with E-state index in [1.165, 1.54) is 28.4 Å². The fourth-order valence-corrected chi connectivity index (χ4v) is 6.51. The van der Waals surface area contributed by atoms with E-state index < -0.39 is 30.8 Å². The third-order valence-electron chi connectivity index (χ3n) is 7.78. The third-order valence-corrected chi connectivity index (χ3v) is 8.99. The molecular formula is C25H28F4N8O3S. The van der Waals surface area contributed by atoms with Crippen LogP contribution in [-0.2, 0) is 24.7 Å². The highest BCUT2D eigenvalue weighted by Gasteiger charge is 2.39. The first-order chi connectivity index (χ1) is 19.7. The normalized spacial score (nSPS) is 24.9. The van der Waals surface area contributed by atoms with Crippen molar-refractivity contribution in [3.05, 3.63) is 28.4 Å². The van der Waals surface area contributed by atoms with E-state index in [4.69, 9.17) is 0 Å². The lowest BCUT2D eigenvalue weighted by atomic mass is 9.83. The molecule has 0 spiro atoms. The molecule has 220 valence electrons. The smallest absolute Gasteiger partial charge is 0.388 e. The van der Waals surface area contributed by atoms with Crippen LogP contribution < -0.4 is 20.7 Å². The Bertz CT molecular complexity index is 1450. The molecule has 3 atom stereocenters. The minimum absolute atomic E-state index is 0.163. The number of nitrogens with one attached hydrogen (secondary N) is 3. The van der Waals surface area contributed by atoms with E-state index in [1.807, 2.05) is 0 Å². The minimum atomic E-state index is -3.01. The first-order valence-electron chi connectivity index (χ1n) is 13.3. The number of hydrogen-bond donors (Lipinski definition) is 3. The number of halogens is 4. The van der Waals surface area contributed by atoms with Crippen LogP contribution in [0.4, 0.5) is 34.3 Å². The van der Waals surface area contributed by atoms with Crippen LogP contribution in [0, 0.1) is 11.8 Å². The van der Waals surface area contributed by atoms with Gasteiger partial charge >= 0.3 is 6.61 Å². The highest BCUT2D eigenvalue weighted by atomic mass is 32.1. The zero-order valence-electron chi connectivity index (χ0n) is 21.9. The van der Waals surface area contributed by atoms with Crippen molar-refractivity contribution in [3.63, 3.8) is 0 Å². The second-order valence-corrected chi connectivity index (χ2v) is 11.7. The second-order valence-electron chi connectivity index (χ2n) is 10.6. The lowest BCUT2D eigenvalue weighted by Gasteiger charge is -2.28. The summed E-state index contributed by atoms with van der Waals surface area (Å²) in [5, 5.41) is 21.2. The number of aryl methyl sites for hydroxylation is 2. The highest BCUT2D eigenvalue weighted by molar-refractivity contribution is 7.17. The lowest BCUT2D eigenvalue weighted by Crippen LogP contribution is -2.36. The predicted molar refractivity (Wildman–Crippen MR) is 140 cm³/mol. The van der Waals surface area contributed by atoms with Crippen molar-refractivity contribution in [2.45, 2.75) is 63.5 Å². The summed E-state index contributed by atoms with van der Waals surface area (Å²) in [6.07, 6.45) is 2.09. The summed E-state index contributed by atoms with van der Waals surface area (Å²) in [4.78, 5) is 27.1. The minimum Gasteiger partial charge on any atom is -0.415 e. The fraction of sp³-hybridized carbons (Fsp3) is 0.560. The van der Waals surface area contributed by atoms with E-state index in [1.54, 1.807) is 11.6 Å². The average molecular weight is 597 g/mol. The highest BCUT2D eigenvalue weighted by Crippen LogP contribution is 2.43. The quantitative estimate of drug-likeness (QED) is 0.303. The van der Waals surface area contributed by atoms with Crippen LogP contribution in [-0.4, -0.2) is 61.9 Å². The molecule has 2 amide bonds. The molecule has 3 aliphatic carbocycles. The molecule has 3 heterocycles. The van der Waals surface area contributed by atoms with Crippen molar-refractivity contribution in [1.29, 1.82) is 0 Å². The third kappa shape index (κ3) is 5.74. The Balaban J connectivity index is 1.23. The molecule has 0 unspecified atom stereocenters. The van der Waals surface area contributed by atoms with Crippen molar-refractivity contribution in [3.8, 4) is 5.88 Å². The van der Waals surface area contributed by atoms with Gasteiger partial charge in [0.25, 0.3) is 5.91 Å². The summed E-state index contributed by atoms with van der Waals surface area (Å²) in [6, 6.07) is 1.14. The van der Waals surface area contributed by atoms with Gasteiger partial charge in [0.05, 0.1) is 5.56 Å². The molecule has 41 heavy (non-hydrogen) atoms. The largest absolute Gasteiger partial charge is 0.415 e. The molecule has 3 aromatic rings. The molecule has 2 saturated carbocycles. The van der Waals surface area contributed by atoms with Gasteiger partial charge in [-0.15, -0.1) is 26.6 Å². The fourth-order valence-electron chi connectivity index (χ4n) is 5.26. The summed E-state index contributed by atoms with van der Waals surface area (Å²) in [6.45, 7) is -2.81. The number of amides is 2.